The van der Waals surface area contributed by atoms with Crippen LogP contribution in [0.25, 0.3) is 22.9 Å². The number of allylic oxidation sites excluding steroid dienone is 1. The second-order valence-corrected chi connectivity index (χ2v) is 9.13. The van der Waals surface area contributed by atoms with Gasteiger partial charge >= 0.3 is 0 Å². The average Bonchev–Trinajstić information content (AvgIpc) is 3.23. The van der Waals surface area contributed by atoms with E-state index in [2.05, 4.69) is 32.3 Å². The zero-order valence-corrected chi connectivity index (χ0v) is 19.9. The van der Waals surface area contributed by atoms with Crippen LogP contribution >= 0.6 is 27.3 Å². The Hall–Kier alpha value is -3.60. The second kappa shape index (κ2) is 9.90. The van der Waals surface area contributed by atoms with Crippen molar-refractivity contribution in [2.75, 3.05) is 5.32 Å². The van der Waals surface area contributed by atoms with E-state index in [0.717, 1.165) is 15.6 Å². The fraction of sp³-hybridized carbons (Fsp3) is 0.0385. The Labute approximate surface area is 203 Å². The molecule has 1 heterocycles. The molecule has 0 atom stereocenters. The van der Waals surface area contributed by atoms with E-state index in [9.17, 15) is 14.4 Å². The molecule has 1 aromatic heterocycles. The first-order valence-electron chi connectivity index (χ1n) is 9.96. The standard InChI is InChI=1S/C26H17BrFN3OS/c1-16-6-8-17(9-7-16)23-26(31-24(32)18-10-12-21(27)13-11-18)33-25(30-23)20(15-29)14-19-4-2-3-5-22(19)28/h2-14H,1H3,(H,31,32)/b20-14+. The van der Waals surface area contributed by atoms with Gasteiger partial charge in [-0.3, -0.25) is 4.79 Å². The average molecular weight is 518 g/mol. The number of aryl methyl sites for hydroxylation is 1. The zero-order chi connectivity index (χ0) is 23.4. The van der Waals surface area contributed by atoms with Crippen molar-refractivity contribution in [2.45, 2.75) is 6.92 Å². The summed E-state index contributed by atoms with van der Waals surface area (Å²) in [5.41, 5.74) is 3.44. The van der Waals surface area contributed by atoms with Crippen molar-refractivity contribution < 1.29 is 9.18 Å². The number of nitrogens with zero attached hydrogens (tertiary/aromatic N) is 2. The molecule has 0 aliphatic rings. The molecule has 0 radical (unpaired) electrons. The molecule has 0 bridgehead atoms. The lowest BCUT2D eigenvalue weighted by Crippen LogP contribution is -2.11. The van der Waals surface area contributed by atoms with Crippen LogP contribution in [0.1, 0.15) is 26.5 Å². The summed E-state index contributed by atoms with van der Waals surface area (Å²) < 4.78 is 15.0. The lowest BCUT2D eigenvalue weighted by Gasteiger charge is -2.06. The number of halogens is 2. The Balaban J connectivity index is 1.77. The lowest BCUT2D eigenvalue weighted by atomic mass is 10.1. The van der Waals surface area contributed by atoms with E-state index < -0.39 is 5.82 Å². The summed E-state index contributed by atoms with van der Waals surface area (Å²) in [7, 11) is 0. The molecule has 4 rings (SSSR count). The minimum Gasteiger partial charge on any atom is -0.312 e. The van der Waals surface area contributed by atoms with E-state index in [1.54, 1.807) is 42.5 Å². The minimum absolute atomic E-state index is 0.211. The normalized spacial score (nSPS) is 11.2. The third-order valence-corrected chi connectivity index (χ3v) is 6.37. The van der Waals surface area contributed by atoms with Gasteiger partial charge in [-0.2, -0.15) is 5.26 Å². The Morgan fingerprint density at radius 1 is 1.09 bits per heavy atom. The molecule has 0 aliphatic carbocycles. The molecule has 0 aliphatic heterocycles. The summed E-state index contributed by atoms with van der Waals surface area (Å²) in [5, 5.41) is 13.6. The number of thiazole rings is 1. The second-order valence-electron chi connectivity index (χ2n) is 7.22. The molecule has 0 spiro atoms. The maximum atomic E-state index is 14.1. The van der Waals surface area contributed by atoms with Crippen molar-refractivity contribution in [2.24, 2.45) is 0 Å². The van der Waals surface area contributed by atoms with Crippen LogP contribution in [0.2, 0.25) is 0 Å². The van der Waals surface area contributed by atoms with Gasteiger partial charge < -0.3 is 5.32 Å². The number of aromatic nitrogens is 1. The van der Waals surface area contributed by atoms with Crippen molar-refractivity contribution in [3.05, 3.63) is 105 Å². The number of hydrogen-bond donors (Lipinski definition) is 1. The molecule has 1 N–H and O–H groups in total. The molecular formula is C26H17BrFN3OS. The maximum absolute atomic E-state index is 14.1. The van der Waals surface area contributed by atoms with Gasteiger partial charge in [-0.15, -0.1) is 0 Å². The number of carbonyl (C=O) groups excluding carboxylic acids is 1. The summed E-state index contributed by atoms with van der Waals surface area (Å²) in [5.74, 6) is -0.716. The number of hydrogen-bond acceptors (Lipinski definition) is 4. The van der Waals surface area contributed by atoms with E-state index in [1.165, 1.54) is 23.5 Å². The maximum Gasteiger partial charge on any atom is 0.256 e. The van der Waals surface area contributed by atoms with Crippen LogP contribution in [0.4, 0.5) is 9.39 Å². The van der Waals surface area contributed by atoms with Gasteiger partial charge in [0.2, 0.25) is 0 Å². The van der Waals surface area contributed by atoms with Gasteiger partial charge in [0, 0.05) is 21.2 Å². The monoisotopic (exact) mass is 517 g/mol. The topological polar surface area (TPSA) is 65.8 Å². The van der Waals surface area contributed by atoms with Crippen LogP contribution < -0.4 is 5.32 Å². The van der Waals surface area contributed by atoms with E-state index in [-0.39, 0.29) is 11.5 Å². The van der Waals surface area contributed by atoms with Crippen LogP contribution in [0.5, 0.6) is 0 Å². The number of benzene rings is 3. The summed E-state index contributed by atoms with van der Waals surface area (Å²) in [6.45, 7) is 1.98. The quantitative estimate of drug-likeness (QED) is 0.281. The molecular weight excluding hydrogens is 501 g/mol. The summed E-state index contributed by atoms with van der Waals surface area (Å²) >= 11 is 4.54. The molecule has 1 amide bonds. The predicted octanol–water partition coefficient (Wildman–Crippen LogP) is 7.34. The SMILES string of the molecule is Cc1ccc(-c2nc(/C(C#N)=C/c3ccccc3F)sc2NC(=O)c2ccc(Br)cc2)cc1. The molecule has 7 heteroatoms. The number of anilines is 1. The third kappa shape index (κ3) is 5.25. The highest BCUT2D eigenvalue weighted by Gasteiger charge is 2.19. The molecule has 3 aromatic carbocycles. The van der Waals surface area contributed by atoms with Gasteiger partial charge in [0.25, 0.3) is 5.91 Å². The Morgan fingerprint density at radius 2 is 1.79 bits per heavy atom. The van der Waals surface area contributed by atoms with Crippen LogP contribution in [0.15, 0.2) is 77.3 Å². The Morgan fingerprint density at radius 3 is 2.45 bits per heavy atom. The zero-order valence-electron chi connectivity index (χ0n) is 17.5. The van der Waals surface area contributed by atoms with Crippen LogP contribution in [0.3, 0.4) is 0 Å². The van der Waals surface area contributed by atoms with Crippen LogP contribution in [0, 0.1) is 24.1 Å². The third-order valence-electron chi connectivity index (χ3n) is 4.84. The van der Waals surface area contributed by atoms with Crippen molar-refractivity contribution in [3.8, 4) is 17.3 Å². The number of rotatable bonds is 5. The van der Waals surface area contributed by atoms with Crippen molar-refractivity contribution in [1.82, 2.24) is 4.98 Å². The number of carbonyl (C=O) groups is 1. The van der Waals surface area contributed by atoms with Crippen LogP contribution in [-0.4, -0.2) is 10.9 Å². The summed E-state index contributed by atoms with van der Waals surface area (Å²) in [4.78, 5) is 17.5. The van der Waals surface area contributed by atoms with Gasteiger partial charge in [-0.25, -0.2) is 9.37 Å². The van der Waals surface area contributed by atoms with Gasteiger partial charge in [-0.05, 0) is 43.3 Å². The van der Waals surface area contributed by atoms with E-state index in [1.807, 2.05) is 31.2 Å². The van der Waals surface area contributed by atoms with E-state index in [0.29, 0.717) is 26.8 Å². The first kappa shape index (κ1) is 22.6. The highest BCUT2D eigenvalue weighted by Crippen LogP contribution is 2.37. The Bertz CT molecular complexity index is 1390. The molecule has 33 heavy (non-hydrogen) atoms. The molecule has 4 nitrogen and oxygen atoms in total. The van der Waals surface area contributed by atoms with Gasteiger partial charge in [0.1, 0.15) is 27.6 Å². The summed E-state index contributed by atoms with van der Waals surface area (Å²) in [6, 6.07) is 23.1. The molecule has 162 valence electrons. The highest BCUT2D eigenvalue weighted by atomic mass is 79.9. The highest BCUT2D eigenvalue weighted by molar-refractivity contribution is 9.10. The van der Waals surface area contributed by atoms with Gasteiger partial charge in [0.15, 0.2) is 0 Å². The molecule has 4 aromatic rings. The number of amides is 1. The van der Waals surface area contributed by atoms with E-state index >= 15 is 0 Å². The molecule has 0 fully saturated rings. The predicted molar refractivity (Wildman–Crippen MR) is 134 cm³/mol. The van der Waals surface area contributed by atoms with Crippen molar-refractivity contribution >= 4 is 49.8 Å². The molecule has 0 saturated heterocycles. The fourth-order valence-corrected chi connectivity index (χ4v) is 4.31. The fourth-order valence-electron chi connectivity index (χ4n) is 3.09. The first-order valence-corrected chi connectivity index (χ1v) is 11.6. The van der Waals surface area contributed by atoms with Crippen LogP contribution in [-0.2, 0) is 0 Å². The molecule has 0 unspecified atom stereocenters. The van der Waals surface area contributed by atoms with Gasteiger partial charge in [-0.1, -0.05) is 75.3 Å². The van der Waals surface area contributed by atoms with Gasteiger partial charge in [0.05, 0.1) is 5.57 Å². The number of nitriles is 1. The largest absolute Gasteiger partial charge is 0.312 e. The summed E-state index contributed by atoms with van der Waals surface area (Å²) in [6.07, 6.45) is 1.47. The lowest BCUT2D eigenvalue weighted by molar-refractivity contribution is 0.102. The minimum atomic E-state index is -0.427. The molecule has 0 saturated carbocycles. The van der Waals surface area contributed by atoms with E-state index in [4.69, 9.17) is 0 Å². The Kier molecular flexibility index (Phi) is 6.78. The smallest absolute Gasteiger partial charge is 0.256 e. The first-order chi connectivity index (χ1) is 15.9. The number of nitrogens with one attached hydrogen (secondary N) is 1. The van der Waals surface area contributed by atoms with Crippen molar-refractivity contribution in [1.29, 1.82) is 5.26 Å². The van der Waals surface area contributed by atoms with Crippen molar-refractivity contribution in [3.63, 3.8) is 0 Å².